The van der Waals surface area contributed by atoms with Crippen LogP contribution in [-0.2, 0) is 6.54 Å². The first kappa shape index (κ1) is 14.0. The van der Waals surface area contributed by atoms with Crippen LogP contribution in [0.15, 0.2) is 24.3 Å². The number of likely N-dealkylation sites (N-methyl/N-ethyl adjacent to an activating group) is 1. The number of nitrogens with two attached hydrogens (primary N) is 1. The Bertz CT molecular complexity index is 326. The van der Waals surface area contributed by atoms with Crippen LogP contribution in [0.1, 0.15) is 26.3 Å². The van der Waals surface area contributed by atoms with Gasteiger partial charge in [0.25, 0.3) is 0 Å². The average Bonchev–Trinajstić information content (AvgIpc) is 2.34. The van der Waals surface area contributed by atoms with Crippen molar-refractivity contribution in [2.45, 2.75) is 33.4 Å². The molecule has 1 rings (SSSR count). The summed E-state index contributed by atoms with van der Waals surface area (Å²) in [6, 6.07) is 8.52. The fourth-order valence-corrected chi connectivity index (χ4v) is 1.87. The van der Waals surface area contributed by atoms with Gasteiger partial charge in [-0.2, -0.15) is 0 Å². The van der Waals surface area contributed by atoms with Gasteiger partial charge in [-0.1, -0.05) is 25.1 Å². The highest BCUT2D eigenvalue weighted by molar-refractivity contribution is 5.32. The molecule has 0 radical (unpaired) electrons. The van der Waals surface area contributed by atoms with Gasteiger partial charge in [0.1, 0.15) is 12.4 Å². The number of rotatable bonds is 7. The zero-order valence-electron chi connectivity index (χ0n) is 11.1. The summed E-state index contributed by atoms with van der Waals surface area (Å²) < 4.78 is 5.79. The normalized spacial score (nSPS) is 11.2. The van der Waals surface area contributed by atoms with Gasteiger partial charge in [-0.25, -0.2) is 0 Å². The summed E-state index contributed by atoms with van der Waals surface area (Å²) in [6.07, 6.45) is 0. The third-order valence-electron chi connectivity index (χ3n) is 2.97. The van der Waals surface area contributed by atoms with Gasteiger partial charge in [-0.15, -0.1) is 0 Å². The Hall–Kier alpha value is -1.06. The first-order chi connectivity index (χ1) is 8.19. The van der Waals surface area contributed by atoms with E-state index in [1.54, 1.807) is 0 Å². The molecule has 1 aromatic carbocycles. The molecule has 17 heavy (non-hydrogen) atoms. The molecule has 0 aromatic heterocycles. The third kappa shape index (κ3) is 4.36. The fraction of sp³-hybridized carbons (Fsp3) is 0.571. The maximum atomic E-state index is 5.79. The van der Waals surface area contributed by atoms with Crippen LogP contribution in [0.4, 0.5) is 0 Å². The molecule has 3 nitrogen and oxygen atoms in total. The topological polar surface area (TPSA) is 38.5 Å². The van der Waals surface area contributed by atoms with Crippen molar-refractivity contribution in [2.24, 2.45) is 5.73 Å². The summed E-state index contributed by atoms with van der Waals surface area (Å²) in [4.78, 5) is 2.38. The van der Waals surface area contributed by atoms with Gasteiger partial charge in [0.2, 0.25) is 0 Å². The van der Waals surface area contributed by atoms with Crippen LogP contribution in [0.25, 0.3) is 0 Å². The highest BCUT2D eigenvalue weighted by Crippen LogP contribution is 2.16. The van der Waals surface area contributed by atoms with Crippen molar-refractivity contribution in [2.75, 3.05) is 19.7 Å². The van der Waals surface area contributed by atoms with E-state index in [-0.39, 0.29) is 0 Å². The Morgan fingerprint density at radius 2 is 2.00 bits per heavy atom. The fourth-order valence-electron chi connectivity index (χ4n) is 1.87. The molecular weight excluding hydrogens is 212 g/mol. The highest BCUT2D eigenvalue weighted by Gasteiger charge is 2.07. The van der Waals surface area contributed by atoms with Crippen molar-refractivity contribution in [3.8, 4) is 5.75 Å². The lowest BCUT2D eigenvalue weighted by atomic mass is 10.2. The van der Waals surface area contributed by atoms with Crippen LogP contribution < -0.4 is 10.5 Å². The molecule has 0 aliphatic heterocycles. The predicted octanol–water partition coefficient (Wildman–Crippen LogP) is 2.25. The predicted molar refractivity (Wildman–Crippen MR) is 72.2 cm³/mol. The summed E-state index contributed by atoms with van der Waals surface area (Å²) in [7, 11) is 0. The molecule has 3 heteroatoms. The molecule has 96 valence electrons. The zero-order chi connectivity index (χ0) is 12.7. The minimum Gasteiger partial charge on any atom is -0.492 e. The molecule has 0 saturated heterocycles. The monoisotopic (exact) mass is 236 g/mol. The number of ether oxygens (including phenoxy) is 1. The number of hydrogen-bond donors (Lipinski definition) is 1. The zero-order valence-corrected chi connectivity index (χ0v) is 11.1. The van der Waals surface area contributed by atoms with Gasteiger partial charge in [0.05, 0.1) is 0 Å². The smallest absolute Gasteiger partial charge is 0.123 e. The number of nitrogens with zero attached hydrogens (tertiary/aromatic N) is 1. The number of hydrogen-bond acceptors (Lipinski definition) is 3. The maximum Gasteiger partial charge on any atom is 0.123 e. The molecule has 0 bridgehead atoms. The Morgan fingerprint density at radius 1 is 1.29 bits per heavy atom. The van der Waals surface area contributed by atoms with Crippen LogP contribution in [0.5, 0.6) is 5.75 Å². The van der Waals surface area contributed by atoms with Gasteiger partial charge >= 0.3 is 0 Å². The van der Waals surface area contributed by atoms with Gasteiger partial charge in [0, 0.05) is 24.7 Å². The quantitative estimate of drug-likeness (QED) is 0.789. The summed E-state index contributed by atoms with van der Waals surface area (Å²) in [5.74, 6) is 0.912. The second-order valence-corrected chi connectivity index (χ2v) is 4.38. The molecule has 0 aliphatic carbocycles. The SMILES string of the molecule is CCN(CCOc1ccccc1CN)C(C)C. The second kappa shape index (κ2) is 7.30. The van der Waals surface area contributed by atoms with Gasteiger partial charge in [-0.3, -0.25) is 4.90 Å². The molecule has 1 aromatic rings. The van der Waals surface area contributed by atoms with E-state index in [0.717, 1.165) is 24.4 Å². The minimum atomic E-state index is 0.526. The van der Waals surface area contributed by atoms with E-state index in [1.165, 1.54) is 0 Å². The first-order valence-electron chi connectivity index (χ1n) is 6.33. The lowest BCUT2D eigenvalue weighted by Crippen LogP contribution is -2.34. The Labute approximate surface area is 105 Å². The summed E-state index contributed by atoms with van der Waals surface area (Å²) in [6.45, 7) is 9.83. The second-order valence-electron chi connectivity index (χ2n) is 4.38. The minimum absolute atomic E-state index is 0.526. The lowest BCUT2D eigenvalue weighted by Gasteiger charge is -2.24. The summed E-state index contributed by atoms with van der Waals surface area (Å²) in [5, 5.41) is 0. The van der Waals surface area contributed by atoms with E-state index in [9.17, 15) is 0 Å². The van der Waals surface area contributed by atoms with Crippen LogP contribution in [0.3, 0.4) is 0 Å². The largest absolute Gasteiger partial charge is 0.492 e. The molecule has 0 atom stereocenters. The third-order valence-corrected chi connectivity index (χ3v) is 2.97. The van der Waals surface area contributed by atoms with Crippen LogP contribution in [0, 0.1) is 0 Å². The number of para-hydroxylation sites is 1. The molecule has 2 N–H and O–H groups in total. The van der Waals surface area contributed by atoms with Crippen molar-refractivity contribution in [1.82, 2.24) is 4.90 Å². The van der Waals surface area contributed by atoms with Crippen LogP contribution >= 0.6 is 0 Å². The molecule has 0 saturated carbocycles. The molecule has 0 fully saturated rings. The first-order valence-corrected chi connectivity index (χ1v) is 6.33. The van der Waals surface area contributed by atoms with E-state index in [1.807, 2.05) is 24.3 Å². The van der Waals surface area contributed by atoms with E-state index in [2.05, 4.69) is 25.7 Å². The van der Waals surface area contributed by atoms with E-state index >= 15 is 0 Å². The molecular formula is C14H24N2O. The summed E-state index contributed by atoms with van der Waals surface area (Å²) >= 11 is 0. The molecule has 0 aliphatic rings. The van der Waals surface area contributed by atoms with E-state index < -0.39 is 0 Å². The summed E-state index contributed by atoms with van der Waals surface area (Å²) in [5.41, 5.74) is 6.74. The Morgan fingerprint density at radius 3 is 2.59 bits per heavy atom. The van der Waals surface area contributed by atoms with Crippen molar-refractivity contribution in [3.63, 3.8) is 0 Å². The number of benzene rings is 1. The molecule has 0 unspecified atom stereocenters. The van der Waals surface area contributed by atoms with Gasteiger partial charge in [-0.05, 0) is 26.5 Å². The van der Waals surface area contributed by atoms with E-state index in [0.29, 0.717) is 19.2 Å². The van der Waals surface area contributed by atoms with Gasteiger partial charge < -0.3 is 10.5 Å². The van der Waals surface area contributed by atoms with Crippen molar-refractivity contribution in [3.05, 3.63) is 29.8 Å². The van der Waals surface area contributed by atoms with Crippen molar-refractivity contribution >= 4 is 0 Å². The molecule has 0 amide bonds. The average molecular weight is 236 g/mol. The van der Waals surface area contributed by atoms with Crippen LogP contribution in [-0.4, -0.2) is 30.6 Å². The van der Waals surface area contributed by atoms with Crippen molar-refractivity contribution < 1.29 is 4.74 Å². The standard InChI is InChI=1S/C14H24N2O/c1-4-16(12(2)3)9-10-17-14-8-6-5-7-13(14)11-15/h5-8,12H,4,9-11,15H2,1-3H3. The molecule has 0 spiro atoms. The van der Waals surface area contributed by atoms with Gasteiger partial charge in [0.15, 0.2) is 0 Å². The maximum absolute atomic E-state index is 5.79. The lowest BCUT2D eigenvalue weighted by molar-refractivity contribution is 0.183. The Kier molecular flexibility index (Phi) is 6.01. The van der Waals surface area contributed by atoms with Crippen molar-refractivity contribution in [1.29, 1.82) is 0 Å². The Balaban J connectivity index is 2.45. The molecule has 0 heterocycles. The highest BCUT2D eigenvalue weighted by atomic mass is 16.5. The van der Waals surface area contributed by atoms with Crippen LogP contribution in [0.2, 0.25) is 0 Å². The van der Waals surface area contributed by atoms with E-state index in [4.69, 9.17) is 10.5 Å².